The minimum Gasteiger partial charge on any atom is -0.480 e. The summed E-state index contributed by atoms with van der Waals surface area (Å²) >= 11 is 2.15. The van der Waals surface area contributed by atoms with Gasteiger partial charge in [-0.25, -0.2) is 4.79 Å². The summed E-state index contributed by atoms with van der Waals surface area (Å²) in [4.78, 5) is 22.8. The van der Waals surface area contributed by atoms with E-state index in [-0.39, 0.29) is 12.3 Å². The van der Waals surface area contributed by atoms with Crippen molar-refractivity contribution >= 4 is 34.5 Å². The number of nitrogens with one attached hydrogen (secondary N) is 1. The fourth-order valence-electron chi connectivity index (χ4n) is 1.60. The molecule has 1 atom stereocenters. The Bertz CT molecular complexity index is 474. The highest BCUT2D eigenvalue weighted by Crippen LogP contribution is 2.12. The largest absolute Gasteiger partial charge is 0.480 e. The molecule has 4 nitrogen and oxygen atoms in total. The monoisotopic (exact) mass is 373 g/mol. The molecule has 0 spiro atoms. The average molecular weight is 373 g/mol. The minimum absolute atomic E-state index is 0.191. The summed E-state index contributed by atoms with van der Waals surface area (Å²) in [5, 5.41) is 11.6. The minimum atomic E-state index is -1.02. The van der Waals surface area contributed by atoms with E-state index in [1.54, 1.807) is 6.08 Å². The Morgan fingerprint density at radius 1 is 1.42 bits per heavy atom. The molecule has 0 aliphatic heterocycles. The van der Waals surface area contributed by atoms with Crippen LogP contribution in [0.1, 0.15) is 18.4 Å². The van der Waals surface area contributed by atoms with E-state index in [0.29, 0.717) is 12.8 Å². The number of benzene rings is 1. The Labute approximate surface area is 126 Å². The maximum Gasteiger partial charge on any atom is 0.326 e. The number of allylic oxidation sites excluding steroid dienone is 1. The zero-order chi connectivity index (χ0) is 14.3. The molecule has 0 radical (unpaired) electrons. The van der Waals surface area contributed by atoms with E-state index >= 15 is 0 Å². The second-order valence-electron chi connectivity index (χ2n) is 4.09. The molecule has 0 bridgehead atoms. The van der Waals surface area contributed by atoms with Gasteiger partial charge in [0.2, 0.25) is 5.91 Å². The van der Waals surface area contributed by atoms with E-state index in [4.69, 9.17) is 5.11 Å². The molecule has 0 saturated carbocycles. The van der Waals surface area contributed by atoms with Gasteiger partial charge in [0, 0.05) is 3.57 Å². The molecule has 1 aromatic carbocycles. The third-order valence-corrected chi connectivity index (χ3v) is 3.65. The molecule has 1 aromatic rings. The highest BCUT2D eigenvalue weighted by Gasteiger charge is 2.19. The number of halogens is 1. The maximum atomic E-state index is 11.8. The second-order valence-corrected chi connectivity index (χ2v) is 5.25. The van der Waals surface area contributed by atoms with E-state index in [1.807, 2.05) is 24.3 Å². The third kappa shape index (κ3) is 5.42. The molecule has 0 aliphatic rings. The lowest BCUT2D eigenvalue weighted by Crippen LogP contribution is -2.41. The summed E-state index contributed by atoms with van der Waals surface area (Å²) in [5.74, 6) is -1.29. The second kappa shape index (κ2) is 7.93. The van der Waals surface area contributed by atoms with Crippen LogP contribution in [0.5, 0.6) is 0 Å². The first-order valence-corrected chi connectivity index (χ1v) is 6.99. The van der Waals surface area contributed by atoms with E-state index in [1.165, 1.54) is 0 Å². The van der Waals surface area contributed by atoms with E-state index in [2.05, 4.69) is 34.5 Å². The summed E-state index contributed by atoms with van der Waals surface area (Å²) < 4.78 is 0.994. The first-order chi connectivity index (χ1) is 9.04. The fraction of sp³-hybridized carbons (Fsp3) is 0.286. The van der Waals surface area contributed by atoms with Crippen LogP contribution in [-0.4, -0.2) is 23.0 Å². The SMILES string of the molecule is C=CCCC(NC(=O)Cc1ccccc1I)C(=O)O. The molecule has 2 N–H and O–H groups in total. The van der Waals surface area contributed by atoms with Gasteiger partial charge in [0.05, 0.1) is 6.42 Å². The quantitative estimate of drug-likeness (QED) is 0.570. The van der Waals surface area contributed by atoms with Gasteiger partial charge in [0.25, 0.3) is 0 Å². The lowest BCUT2D eigenvalue weighted by atomic mass is 10.1. The van der Waals surface area contributed by atoms with Crippen molar-refractivity contribution in [1.82, 2.24) is 5.32 Å². The summed E-state index contributed by atoms with van der Waals surface area (Å²) in [6.07, 6.45) is 2.75. The lowest BCUT2D eigenvalue weighted by Gasteiger charge is -2.14. The zero-order valence-electron chi connectivity index (χ0n) is 10.4. The number of aliphatic carboxylic acids is 1. The first kappa shape index (κ1) is 15.7. The van der Waals surface area contributed by atoms with Crippen LogP contribution < -0.4 is 5.32 Å². The highest BCUT2D eigenvalue weighted by atomic mass is 127. The number of carbonyl (C=O) groups excluding carboxylic acids is 1. The van der Waals surface area contributed by atoms with Crippen molar-refractivity contribution in [3.05, 3.63) is 46.1 Å². The van der Waals surface area contributed by atoms with Gasteiger partial charge in [-0.3, -0.25) is 4.79 Å². The molecule has 19 heavy (non-hydrogen) atoms. The predicted octanol–water partition coefficient (Wildman–Crippen LogP) is 2.37. The molecule has 0 aliphatic carbocycles. The number of carboxylic acids is 1. The summed E-state index contributed by atoms with van der Waals surface area (Å²) in [7, 11) is 0. The van der Waals surface area contributed by atoms with E-state index in [0.717, 1.165) is 9.13 Å². The van der Waals surface area contributed by atoms with Crippen molar-refractivity contribution < 1.29 is 14.7 Å². The average Bonchev–Trinajstić information content (AvgIpc) is 2.37. The van der Waals surface area contributed by atoms with E-state index in [9.17, 15) is 9.59 Å². The molecule has 0 aromatic heterocycles. The number of carboxylic acid groups (broad SMARTS) is 1. The van der Waals surface area contributed by atoms with Crippen LogP contribution in [0.15, 0.2) is 36.9 Å². The van der Waals surface area contributed by atoms with Crippen LogP contribution in [-0.2, 0) is 16.0 Å². The molecule has 1 unspecified atom stereocenters. The normalized spacial score (nSPS) is 11.6. The zero-order valence-corrected chi connectivity index (χ0v) is 12.6. The lowest BCUT2D eigenvalue weighted by molar-refractivity contribution is -0.141. The molecule has 0 fully saturated rings. The van der Waals surface area contributed by atoms with Crippen molar-refractivity contribution in [2.24, 2.45) is 0 Å². The Kier molecular flexibility index (Phi) is 6.55. The summed E-state index contributed by atoms with van der Waals surface area (Å²) in [6, 6.07) is 6.67. The Morgan fingerprint density at radius 3 is 2.68 bits per heavy atom. The van der Waals surface area contributed by atoms with Crippen LogP contribution in [0.4, 0.5) is 0 Å². The Balaban J connectivity index is 2.60. The Hall–Kier alpha value is -1.37. The third-order valence-electron chi connectivity index (χ3n) is 2.60. The van der Waals surface area contributed by atoms with Gasteiger partial charge in [-0.15, -0.1) is 6.58 Å². The van der Waals surface area contributed by atoms with Crippen molar-refractivity contribution in [3.63, 3.8) is 0 Å². The fourth-order valence-corrected chi connectivity index (χ4v) is 2.18. The van der Waals surface area contributed by atoms with Crippen LogP contribution >= 0.6 is 22.6 Å². The number of hydrogen-bond acceptors (Lipinski definition) is 2. The van der Waals surface area contributed by atoms with Crippen molar-refractivity contribution in [2.75, 3.05) is 0 Å². The van der Waals surface area contributed by atoms with Crippen LogP contribution in [0.25, 0.3) is 0 Å². The molecule has 0 saturated heterocycles. The predicted molar refractivity (Wildman–Crippen MR) is 81.9 cm³/mol. The standard InChI is InChI=1S/C14H16INO3/c1-2-3-8-12(14(18)19)16-13(17)9-10-6-4-5-7-11(10)15/h2,4-7,12H,1,3,8-9H2,(H,16,17)(H,18,19). The number of rotatable bonds is 7. The van der Waals surface area contributed by atoms with Gasteiger partial charge in [-0.2, -0.15) is 0 Å². The van der Waals surface area contributed by atoms with Gasteiger partial charge in [-0.05, 0) is 47.1 Å². The molecule has 0 heterocycles. The van der Waals surface area contributed by atoms with Gasteiger partial charge in [0.1, 0.15) is 6.04 Å². The maximum absolute atomic E-state index is 11.8. The van der Waals surface area contributed by atoms with E-state index < -0.39 is 12.0 Å². The van der Waals surface area contributed by atoms with Gasteiger partial charge >= 0.3 is 5.97 Å². The highest BCUT2D eigenvalue weighted by molar-refractivity contribution is 14.1. The molecule has 5 heteroatoms. The first-order valence-electron chi connectivity index (χ1n) is 5.91. The summed E-state index contributed by atoms with van der Waals surface area (Å²) in [6.45, 7) is 3.54. The molecule has 1 rings (SSSR count). The molecule has 1 amide bonds. The van der Waals surface area contributed by atoms with Gasteiger partial charge in [0.15, 0.2) is 0 Å². The van der Waals surface area contributed by atoms with Gasteiger partial charge < -0.3 is 10.4 Å². The smallest absolute Gasteiger partial charge is 0.326 e. The van der Waals surface area contributed by atoms with Crippen LogP contribution in [0.2, 0.25) is 0 Å². The molecular formula is C14H16INO3. The van der Waals surface area contributed by atoms with Crippen LogP contribution in [0.3, 0.4) is 0 Å². The topological polar surface area (TPSA) is 66.4 Å². The van der Waals surface area contributed by atoms with Crippen LogP contribution in [0, 0.1) is 3.57 Å². The van der Waals surface area contributed by atoms with Crippen molar-refractivity contribution in [3.8, 4) is 0 Å². The molecule has 102 valence electrons. The summed E-state index contributed by atoms with van der Waals surface area (Å²) in [5.41, 5.74) is 0.897. The van der Waals surface area contributed by atoms with Gasteiger partial charge in [-0.1, -0.05) is 24.3 Å². The number of carbonyl (C=O) groups is 2. The molecular weight excluding hydrogens is 357 g/mol. The Morgan fingerprint density at radius 2 is 2.11 bits per heavy atom. The number of amides is 1. The van der Waals surface area contributed by atoms with Crippen molar-refractivity contribution in [1.29, 1.82) is 0 Å². The van der Waals surface area contributed by atoms with Crippen molar-refractivity contribution in [2.45, 2.75) is 25.3 Å². The number of hydrogen-bond donors (Lipinski definition) is 2.